The van der Waals surface area contributed by atoms with Gasteiger partial charge >= 0.3 is 0 Å². The molecular formula is C11H12Cl2N2O3. The molecule has 98 valence electrons. The second kappa shape index (κ2) is 4.91. The van der Waals surface area contributed by atoms with Crippen LogP contribution in [0.25, 0.3) is 0 Å². The van der Waals surface area contributed by atoms with Crippen molar-refractivity contribution in [1.82, 2.24) is 0 Å². The lowest BCUT2D eigenvalue weighted by Crippen LogP contribution is -2.43. The number of nitrogens with zero attached hydrogens (tertiary/aromatic N) is 1. The maximum Gasteiger partial charge on any atom is 0.293 e. The number of hydrogen-bond acceptors (Lipinski definition) is 4. The van der Waals surface area contributed by atoms with E-state index in [1.807, 2.05) is 0 Å². The average Bonchev–Trinajstić information content (AvgIpc) is 2.27. The maximum atomic E-state index is 10.9. The Kier molecular flexibility index (Phi) is 3.66. The van der Waals surface area contributed by atoms with Crippen molar-refractivity contribution >= 4 is 34.6 Å². The van der Waals surface area contributed by atoms with E-state index in [9.17, 15) is 15.2 Å². The minimum atomic E-state index is -0.764. The molecule has 1 aliphatic rings. The minimum Gasteiger partial charge on any atom is -0.388 e. The summed E-state index contributed by atoms with van der Waals surface area (Å²) in [5.74, 6) is 0. The van der Waals surface area contributed by atoms with Gasteiger partial charge in [-0.2, -0.15) is 0 Å². The molecule has 5 nitrogen and oxygen atoms in total. The molecule has 0 aromatic heterocycles. The molecule has 0 spiro atoms. The van der Waals surface area contributed by atoms with Crippen LogP contribution >= 0.6 is 23.2 Å². The number of nitro groups is 1. The molecule has 1 fully saturated rings. The molecule has 0 amide bonds. The van der Waals surface area contributed by atoms with Crippen molar-refractivity contribution in [3.63, 3.8) is 0 Å². The SMILES string of the molecule is O=[N+]([O-])c1cc(Cl)c(Cl)cc1NCC1(O)CCC1. The summed E-state index contributed by atoms with van der Waals surface area (Å²) in [6.45, 7) is 0.270. The van der Waals surface area contributed by atoms with Gasteiger partial charge in [0.25, 0.3) is 5.69 Å². The van der Waals surface area contributed by atoms with Gasteiger partial charge in [0.1, 0.15) is 5.69 Å². The van der Waals surface area contributed by atoms with E-state index < -0.39 is 10.5 Å². The number of hydrogen-bond donors (Lipinski definition) is 2. The van der Waals surface area contributed by atoms with Gasteiger partial charge in [-0.05, 0) is 25.3 Å². The van der Waals surface area contributed by atoms with Crippen molar-refractivity contribution < 1.29 is 10.0 Å². The Morgan fingerprint density at radius 3 is 2.50 bits per heavy atom. The first kappa shape index (κ1) is 13.4. The lowest BCUT2D eigenvalue weighted by Gasteiger charge is -2.36. The Balaban J connectivity index is 2.20. The zero-order chi connectivity index (χ0) is 13.3. The third-order valence-electron chi connectivity index (χ3n) is 3.13. The van der Waals surface area contributed by atoms with Gasteiger partial charge in [0.15, 0.2) is 0 Å². The quantitative estimate of drug-likeness (QED) is 0.659. The van der Waals surface area contributed by atoms with E-state index in [4.69, 9.17) is 23.2 Å². The summed E-state index contributed by atoms with van der Waals surface area (Å²) in [4.78, 5) is 10.4. The highest BCUT2D eigenvalue weighted by molar-refractivity contribution is 6.42. The molecule has 0 unspecified atom stereocenters. The highest BCUT2D eigenvalue weighted by atomic mass is 35.5. The van der Waals surface area contributed by atoms with Gasteiger partial charge in [-0.3, -0.25) is 10.1 Å². The van der Waals surface area contributed by atoms with Crippen LogP contribution in [0.1, 0.15) is 19.3 Å². The van der Waals surface area contributed by atoms with Crippen LogP contribution in [0.5, 0.6) is 0 Å². The summed E-state index contributed by atoms with van der Waals surface area (Å²) in [6.07, 6.45) is 2.38. The fourth-order valence-electron chi connectivity index (χ4n) is 1.85. The number of halogens is 2. The monoisotopic (exact) mass is 290 g/mol. The normalized spacial score (nSPS) is 17.1. The Morgan fingerprint density at radius 2 is 2.00 bits per heavy atom. The molecule has 0 radical (unpaired) electrons. The summed E-state index contributed by atoms with van der Waals surface area (Å²) < 4.78 is 0. The molecule has 1 saturated carbocycles. The molecule has 1 aromatic carbocycles. The largest absolute Gasteiger partial charge is 0.388 e. The Hall–Kier alpha value is -1.04. The highest BCUT2D eigenvalue weighted by Gasteiger charge is 2.34. The highest BCUT2D eigenvalue weighted by Crippen LogP contribution is 2.36. The molecular weight excluding hydrogens is 279 g/mol. The van der Waals surface area contributed by atoms with E-state index in [1.165, 1.54) is 12.1 Å². The molecule has 1 aliphatic carbocycles. The van der Waals surface area contributed by atoms with E-state index in [-0.39, 0.29) is 28.0 Å². The topological polar surface area (TPSA) is 75.4 Å². The molecule has 0 heterocycles. The number of rotatable bonds is 4. The molecule has 0 aliphatic heterocycles. The van der Waals surface area contributed by atoms with Crippen LogP contribution in [0.4, 0.5) is 11.4 Å². The van der Waals surface area contributed by atoms with Crippen LogP contribution in [-0.4, -0.2) is 22.2 Å². The molecule has 1 aromatic rings. The van der Waals surface area contributed by atoms with E-state index in [0.717, 1.165) is 6.42 Å². The van der Waals surface area contributed by atoms with Crippen molar-refractivity contribution in [2.45, 2.75) is 24.9 Å². The first-order valence-electron chi connectivity index (χ1n) is 5.51. The van der Waals surface area contributed by atoms with E-state index >= 15 is 0 Å². The third-order valence-corrected chi connectivity index (χ3v) is 3.85. The summed E-state index contributed by atoms with van der Waals surface area (Å²) in [5, 5.41) is 24.1. The van der Waals surface area contributed by atoms with Crippen molar-refractivity contribution in [2.75, 3.05) is 11.9 Å². The lowest BCUT2D eigenvalue weighted by molar-refractivity contribution is -0.384. The second-order valence-corrected chi connectivity index (χ2v) is 5.29. The smallest absolute Gasteiger partial charge is 0.293 e. The fourth-order valence-corrected chi connectivity index (χ4v) is 2.17. The van der Waals surface area contributed by atoms with Gasteiger partial charge < -0.3 is 10.4 Å². The summed E-state index contributed by atoms with van der Waals surface area (Å²) in [7, 11) is 0. The van der Waals surface area contributed by atoms with Gasteiger partial charge in [0.2, 0.25) is 0 Å². The molecule has 0 bridgehead atoms. The zero-order valence-corrected chi connectivity index (χ0v) is 11.0. The van der Waals surface area contributed by atoms with Gasteiger partial charge in [-0.15, -0.1) is 0 Å². The van der Waals surface area contributed by atoms with Gasteiger partial charge in [0, 0.05) is 12.6 Å². The fraction of sp³-hybridized carbons (Fsp3) is 0.455. The van der Waals surface area contributed by atoms with Gasteiger partial charge in [0.05, 0.1) is 20.6 Å². The Bertz CT molecular complexity index is 489. The first-order valence-corrected chi connectivity index (χ1v) is 6.27. The molecule has 18 heavy (non-hydrogen) atoms. The Morgan fingerprint density at radius 1 is 1.39 bits per heavy atom. The summed E-state index contributed by atoms with van der Waals surface area (Å²) in [6, 6.07) is 2.61. The molecule has 7 heteroatoms. The van der Waals surface area contributed by atoms with Crippen molar-refractivity contribution in [3.05, 3.63) is 32.3 Å². The lowest BCUT2D eigenvalue weighted by atomic mass is 9.80. The molecule has 0 atom stereocenters. The second-order valence-electron chi connectivity index (χ2n) is 4.47. The van der Waals surface area contributed by atoms with Crippen molar-refractivity contribution in [1.29, 1.82) is 0 Å². The summed E-state index contributed by atoms with van der Waals surface area (Å²) in [5.41, 5.74) is -0.637. The number of nitro benzene ring substituents is 1. The predicted octanol–water partition coefficient (Wildman–Crippen LogP) is 3.23. The standard InChI is InChI=1S/C11H12Cl2N2O3/c12-7-4-9(10(15(17)18)5-8(7)13)14-6-11(16)2-1-3-11/h4-5,14,16H,1-3,6H2. The van der Waals surface area contributed by atoms with E-state index in [2.05, 4.69) is 5.32 Å². The van der Waals surface area contributed by atoms with Crippen LogP contribution in [0, 0.1) is 10.1 Å². The van der Waals surface area contributed by atoms with E-state index in [1.54, 1.807) is 0 Å². The van der Waals surface area contributed by atoms with Gasteiger partial charge in [-0.25, -0.2) is 0 Å². The molecule has 2 N–H and O–H groups in total. The number of nitrogens with one attached hydrogen (secondary N) is 1. The average molecular weight is 291 g/mol. The van der Waals surface area contributed by atoms with Gasteiger partial charge in [-0.1, -0.05) is 23.2 Å². The number of benzene rings is 1. The molecule has 0 saturated heterocycles. The van der Waals surface area contributed by atoms with Crippen LogP contribution < -0.4 is 5.32 Å². The van der Waals surface area contributed by atoms with Crippen LogP contribution in [0.2, 0.25) is 10.0 Å². The zero-order valence-electron chi connectivity index (χ0n) is 9.45. The number of anilines is 1. The van der Waals surface area contributed by atoms with E-state index in [0.29, 0.717) is 12.8 Å². The van der Waals surface area contributed by atoms with Crippen molar-refractivity contribution in [2.24, 2.45) is 0 Å². The van der Waals surface area contributed by atoms with Crippen LogP contribution in [0.3, 0.4) is 0 Å². The number of aliphatic hydroxyl groups is 1. The Labute approximate surface area is 114 Å². The van der Waals surface area contributed by atoms with Crippen molar-refractivity contribution in [3.8, 4) is 0 Å². The predicted molar refractivity (Wildman–Crippen MR) is 70.4 cm³/mol. The molecule has 2 rings (SSSR count). The minimum absolute atomic E-state index is 0.135. The van der Waals surface area contributed by atoms with Crippen LogP contribution in [0.15, 0.2) is 12.1 Å². The summed E-state index contributed by atoms with van der Waals surface area (Å²) >= 11 is 11.6. The maximum absolute atomic E-state index is 10.9. The van der Waals surface area contributed by atoms with Crippen LogP contribution in [-0.2, 0) is 0 Å². The first-order chi connectivity index (χ1) is 8.41. The third kappa shape index (κ3) is 2.68.